The molecule has 0 aliphatic heterocycles. The molecule has 32 heavy (non-hydrogen) atoms. The zero-order valence-electron chi connectivity index (χ0n) is 17.9. The standard InChI is InChI=1S/C23H23N3O5S/c1-26-18(12-17(25-26)16-11-14(29-2)6-8-19(16)30-3)23(28)24-13-15-7-9-21(32-15)22(27)20-5-4-10-31-20/h4-12,22,27H,13H2,1-3H3,(H,24,28). The van der Waals surface area contributed by atoms with Crippen LogP contribution in [0.15, 0.2) is 59.2 Å². The van der Waals surface area contributed by atoms with E-state index in [0.29, 0.717) is 35.2 Å². The number of aliphatic hydroxyl groups excluding tert-OH is 1. The second kappa shape index (κ2) is 9.29. The lowest BCUT2D eigenvalue weighted by Crippen LogP contribution is -2.24. The highest BCUT2D eigenvalue weighted by atomic mass is 32.1. The van der Waals surface area contributed by atoms with E-state index >= 15 is 0 Å². The van der Waals surface area contributed by atoms with Gasteiger partial charge in [-0.25, -0.2) is 0 Å². The van der Waals surface area contributed by atoms with Crippen molar-refractivity contribution in [2.45, 2.75) is 12.6 Å². The van der Waals surface area contributed by atoms with Crippen molar-refractivity contribution in [1.29, 1.82) is 0 Å². The number of carbonyl (C=O) groups excluding carboxylic acids is 1. The summed E-state index contributed by atoms with van der Waals surface area (Å²) in [6, 6.07) is 14.3. The molecule has 8 nitrogen and oxygen atoms in total. The van der Waals surface area contributed by atoms with Gasteiger partial charge in [0.1, 0.15) is 29.1 Å². The van der Waals surface area contributed by atoms with Gasteiger partial charge in [-0.1, -0.05) is 0 Å². The number of hydrogen-bond donors (Lipinski definition) is 2. The zero-order valence-corrected chi connectivity index (χ0v) is 18.7. The number of nitrogens with zero attached hydrogens (tertiary/aromatic N) is 2. The fourth-order valence-electron chi connectivity index (χ4n) is 3.31. The van der Waals surface area contributed by atoms with Crippen LogP contribution < -0.4 is 14.8 Å². The van der Waals surface area contributed by atoms with Crippen LogP contribution in [0.5, 0.6) is 11.5 Å². The average molecular weight is 454 g/mol. The fraction of sp³-hybridized carbons (Fsp3) is 0.217. The van der Waals surface area contributed by atoms with Crippen LogP contribution in [0, 0.1) is 0 Å². The summed E-state index contributed by atoms with van der Waals surface area (Å²) in [5, 5.41) is 17.8. The Morgan fingerprint density at radius 1 is 1.22 bits per heavy atom. The maximum absolute atomic E-state index is 12.8. The minimum Gasteiger partial charge on any atom is -0.497 e. The molecule has 1 atom stereocenters. The first kappa shape index (κ1) is 21.7. The van der Waals surface area contributed by atoms with Crippen molar-refractivity contribution < 1.29 is 23.8 Å². The van der Waals surface area contributed by atoms with E-state index in [0.717, 1.165) is 15.3 Å². The molecule has 0 radical (unpaired) electrons. The van der Waals surface area contributed by atoms with Gasteiger partial charge in [0.2, 0.25) is 0 Å². The third kappa shape index (κ3) is 4.39. The van der Waals surface area contributed by atoms with Crippen LogP contribution in [0.1, 0.15) is 32.1 Å². The maximum Gasteiger partial charge on any atom is 0.269 e. The number of methoxy groups -OCH3 is 2. The Labute approximate surface area is 189 Å². The number of hydrogen-bond acceptors (Lipinski definition) is 7. The summed E-state index contributed by atoms with van der Waals surface area (Å²) >= 11 is 1.41. The lowest BCUT2D eigenvalue weighted by Gasteiger charge is -2.08. The third-order valence-electron chi connectivity index (χ3n) is 4.98. The van der Waals surface area contributed by atoms with E-state index in [9.17, 15) is 9.90 Å². The highest BCUT2D eigenvalue weighted by molar-refractivity contribution is 7.12. The molecule has 0 saturated heterocycles. The number of carbonyl (C=O) groups is 1. The number of thiophene rings is 1. The SMILES string of the molecule is COc1ccc(OC)c(-c2cc(C(=O)NCc3ccc(C(O)c4ccco4)s3)n(C)n2)c1. The molecule has 0 spiro atoms. The van der Waals surface area contributed by atoms with Gasteiger partial charge in [0.15, 0.2) is 0 Å². The molecule has 4 aromatic rings. The van der Waals surface area contributed by atoms with Crippen molar-refractivity contribution in [3.63, 3.8) is 0 Å². The summed E-state index contributed by atoms with van der Waals surface area (Å²) in [6.45, 7) is 0.331. The van der Waals surface area contributed by atoms with Crippen LogP contribution >= 0.6 is 11.3 Å². The average Bonchev–Trinajstić information content (AvgIpc) is 3.57. The van der Waals surface area contributed by atoms with E-state index in [4.69, 9.17) is 13.9 Å². The van der Waals surface area contributed by atoms with E-state index < -0.39 is 6.10 Å². The smallest absolute Gasteiger partial charge is 0.269 e. The molecule has 9 heteroatoms. The molecule has 0 aliphatic carbocycles. The van der Waals surface area contributed by atoms with Crippen LogP contribution in [0.25, 0.3) is 11.3 Å². The van der Waals surface area contributed by atoms with Crippen LogP contribution in [0.4, 0.5) is 0 Å². The lowest BCUT2D eigenvalue weighted by molar-refractivity contribution is 0.0942. The number of benzene rings is 1. The van der Waals surface area contributed by atoms with E-state index in [1.807, 2.05) is 18.2 Å². The van der Waals surface area contributed by atoms with Gasteiger partial charge in [-0.2, -0.15) is 5.10 Å². The van der Waals surface area contributed by atoms with Crippen molar-refractivity contribution >= 4 is 17.2 Å². The van der Waals surface area contributed by atoms with Crippen LogP contribution in [0.3, 0.4) is 0 Å². The largest absolute Gasteiger partial charge is 0.497 e. The number of aromatic nitrogens is 2. The molecular weight excluding hydrogens is 430 g/mol. The van der Waals surface area contributed by atoms with Gasteiger partial charge >= 0.3 is 0 Å². The summed E-state index contributed by atoms with van der Waals surface area (Å²) in [6.07, 6.45) is 0.702. The summed E-state index contributed by atoms with van der Waals surface area (Å²) in [4.78, 5) is 14.5. The van der Waals surface area contributed by atoms with Crippen molar-refractivity contribution in [3.05, 3.63) is 76.0 Å². The fourth-order valence-corrected chi connectivity index (χ4v) is 4.25. The highest BCUT2D eigenvalue weighted by Gasteiger charge is 2.19. The quantitative estimate of drug-likeness (QED) is 0.421. The van der Waals surface area contributed by atoms with E-state index in [-0.39, 0.29) is 5.91 Å². The summed E-state index contributed by atoms with van der Waals surface area (Å²) < 4.78 is 17.5. The Morgan fingerprint density at radius 2 is 2.06 bits per heavy atom. The van der Waals surface area contributed by atoms with Crippen LogP contribution in [-0.4, -0.2) is 35.0 Å². The van der Waals surface area contributed by atoms with Crippen LogP contribution in [-0.2, 0) is 13.6 Å². The number of aliphatic hydroxyl groups is 1. The number of nitrogens with one attached hydrogen (secondary N) is 1. The molecule has 166 valence electrons. The molecule has 1 unspecified atom stereocenters. The molecule has 0 saturated carbocycles. The van der Waals surface area contributed by atoms with Crippen molar-refractivity contribution in [3.8, 4) is 22.8 Å². The molecule has 2 N–H and O–H groups in total. The normalized spacial score (nSPS) is 11.9. The number of furan rings is 1. The molecule has 0 bridgehead atoms. The second-order valence-electron chi connectivity index (χ2n) is 7.01. The first-order chi connectivity index (χ1) is 15.5. The topological polar surface area (TPSA) is 98.8 Å². The Hall–Kier alpha value is -3.56. The summed E-state index contributed by atoms with van der Waals surface area (Å²) in [5.41, 5.74) is 1.75. The van der Waals surface area contributed by atoms with Crippen molar-refractivity contribution in [1.82, 2.24) is 15.1 Å². The molecule has 1 aromatic carbocycles. The Bertz CT molecular complexity index is 1210. The second-order valence-corrected chi connectivity index (χ2v) is 8.21. The van der Waals surface area contributed by atoms with Gasteiger partial charge in [0, 0.05) is 22.4 Å². The van der Waals surface area contributed by atoms with Gasteiger partial charge in [-0.3, -0.25) is 9.48 Å². The van der Waals surface area contributed by atoms with Gasteiger partial charge < -0.3 is 24.3 Å². The minimum absolute atomic E-state index is 0.255. The number of ether oxygens (including phenoxy) is 2. The Morgan fingerprint density at radius 3 is 2.78 bits per heavy atom. The van der Waals surface area contributed by atoms with Gasteiger partial charge in [0.05, 0.1) is 32.7 Å². The maximum atomic E-state index is 12.8. The molecule has 1 amide bonds. The first-order valence-electron chi connectivity index (χ1n) is 9.85. The molecule has 0 aliphatic rings. The van der Waals surface area contributed by atoms with Crippen molar-refractivity contribution in [2.75, 3.05) is 14.2 Å². The molecule has 4 rings (SSSR count). The number of aryl methyl sites for hydroxylation is 1. The predicted octanol–water partition coefficient (Wildman–Crippen LogP) is 3.77. The van der Waals surface area contributed by atoms with E-state index in [2.05, 4.69) is 10.4 Å². The summed E-state index contributed by atoms with van der Waals surface area (Å²) in [5.74, 6) is 1.53. The Kier molecular flexibility index (Phi) is 6.29. The molecule has 3 aromatic heterocycles. The van der Waals surface area contributed by atoms with Gasteiger partial charge in [-0.05, 0) is 48.5 Å². The molecule has 3 heterocycles. The first-order valence-corrected chi connectivity index (χ1v) is 10.7. The highest BCUT2D eigenvalue weighted by Crippen LogP contribution is 2.33. The van der Waals surface area contributed by atoms with Crippen molar-refractivity contribution in [2.24, 2.45) is 7.05 Å². The zero-order chi connectivity index (χ0) is 22.7. The van der Waals surface area contributed by atoms with Gasteiger partial charge in [0.25, 0.3) is 5.91 Å². The molecule has 0 fully saturated rings. The van der Waals surface area contributed by atoms with E-state index in [1.54, 1.807) is 51.6 Å². The monoisotopic (exact) mass is 453 g/mol. The molecular formula is C23H23N3O5S. The minimum atomic E-state index is -0.822. The third-order valence-corrected chi connectivity index (χ3v) is 6.12. The van der Waals surface area contributed by atoms with E-state index in [1.165, 1.54) is 22.3 Å². The predicted molar refractivity (Wildman–Crippen MR) is 120 cm³/mol. The summed E-state index contributed by atoms with van der Waals surface area (Å²) in [7, 11) is 4.89. The number of rotatable bonds is 8. The lowest BCUT2D eigenvalue weighted by atomic mass is 10.1. The van der Waals surface area contributed by atoms with Gasteiger partial charge in [-0.15, -0.1) is 11.3 Å². The Balaban J connectivity index is 1.47. The number of amides is 1. The van der Waals surface area contributed by atoms with Crippen LogP contribution in [0.2, 0.25) is 0 Å².